The Labute approximate surface area is 162 Å². The molecule has 0 bridgehead atoms. The Morgan fingerprint density at radius 3 is 1.85 bits per heavy atom. The number of amides is 2. The van der Waals surface area contributed by atoms with Gasteiger partial charge in [-0.25, -0.2) is 4.98 Å². The molecule has 0 aliphatic rings. The Bertz CT molecular complexity index is 980. The Balaban J connectivity index is 1.75. The predicted octanol–water partition coefficient (Wildman–Crippen LogP) is 4.86. The highest BCUT2D eigenvalue weighted by Crippen LogP contribution is 2.16. The van der Waals surface area contributed by atoms with Crippen LogP contribution in [0.2, 0.25) is 5.02 Å². The zero-order chi connectivity index (χ0) is 19.4. The van der Waals surface area contributed by atoms with Gasteiger partial charge in [0.25, 0.3) is 11.8 Å². The standard InChI is InChI=1S/C21H18ClN3O2/c1-13-10-14(2)12-17(11-13)24-21(27)19-5-3-4-18(25-19)20(26)23-16-8-6-15(22)7-9-16/h3-12H,1-2H3,(H,23,26)(H,24,27). The maximum Gasteiger partial charge on any atom is 0.274 e. The van der Waals surface area contributed by atoms with E-state index in [1.54, 1.807) is 42.5 Å². The topological polar surface area (TPSA) is 71.1 Å². The van der Waals surface area contributed by atoms with Crippen molar-refractivity contribution < 1.29 is 9.59 Å². The minimum atomic E-state index is -0.404. The van der Waals surface area contributed by atoms with Crippen LogP contribution in [0.15, 0.2) is 60.7 Å². The molecule has 6 heteroatoms. The molecule has 0 fully saturated rings. The largest absolute Gasteiger partial charge is 0.321 e. The van der Waals surface area contributed by atoms with Gasteiger partial charge in [0.15, 0.2) is 0 Å². The number of nitrogens with zero attached hydrogens (tertiary/aromatic N) is 1. The second-order valence-corrected chi connectivity index (χ2v) is 6.64. The first kappa shape index (κ1) is 18.6. The van der Waals surface area contributed by atoms with Crippen LogP contribution in [0.5, 0.6) is 0 Å². The molecule has 0 aliphatic carbocycles. The van der Waals surface area contributed by atoms with Gasteiger partial charge in [-0.3, -0.25) is 9.59 Å². The van der Waals surface area contributed by atoms with Gasteiger partial charge in [0.2, 0.25) is 0 Å². The van der Waals surface area contributed by atoms with Crippen molar-refractivity contribution in [1.82, 2.24) is 4.98 Å². The molecule has 0 aliphatic heterocycles. The molecule has 2 aromatic carbocycles. The van der Waals surface area contributed by atoms with Crippen molar-refractivity contribution in [2.75, 3.05) is 10.6 Å². The van der Waals surface area contributed by atoms with Crippen molar-refractivity contribution >= 4 is 34.8 Å². The summed E-state index contributed by atoms with van der Waals surface area (Å²) >= 11 is 5.84. The number of anilines is 2. The number of pyridine rings is 1. The van der Waals surface area contributed by atoms with E-state index in [1.807, 2.05) is 32.0 Å². The van der Waals surface area contributed by atoms with Crippen molar-refractivity contribution in [2.45, 2.75) is 13.8 Å². The first-order valence-electron chi connectivity index (χ1n) is 8.34. The summed E-state index contributed by atoms with van der Waals surface area (Å²) in [5, 5.41) is 6.12. The molecule has 2 N–H and O–H groups in total. The molecule has 5 nitrogen and oxygen atoms in total. The Morgan fingerprint density at radius 2 is 1.30 bits per heavy atom. The molecule has 0 spiro atoms. The Kier molecular flexibility index (Phi) is 5.52. The molecule has 136 valence electrons. The van der Waals surface area contributed by atoms with E-state index in [0.717, 1.165) is 11.1 Å². The number of carbonyl (C=O) groups is 2. The molecule has 0 radical (unpaired) electrons. The van der Waals surface area contributed by atoms with Crippen LogP contribution in [0.25, 0.3) is 0 Å². The summed E-state index contributed by atoms with van der Waals surface area (Å²) in [6.45, 7) is 3.92. The van der Waals surface area contributed by atoms with Gasteiger partial charge in [0.1, 0.15) is 11.4 Å². The molecule has 3 rings (SSSR count). The van der Waals surface area contributed by atoms with Gasteiger partial charge in [0, 0.05) is 16.4 Å². The van der Waals surface area contributed by atoms with Gasteiger partial charge in [-0.1, -0.05) is 23.7 Å². The number of hydrogen-bond acceptors (Lipinski definition) is 3. The zero-order valence-electron chi connectivity index (χ0n) is 14.9. The van der Waals surface area contributed by atoms with Crippen LogP contribution < -0.4 is 10.6 Å². The van der Waals surface area contributed by atoms with E-state index in [2.05, 4.69) is 15.6 Å². The number of nitrogens with one attached hydrogen (secondary N) is 2. The second kappa shape index (κ2) is 8.01. The van der Waals surface area contributed by atoms with Gasteiger partial charge in [0.05, 0.1) is 0 Å². The average Bonchev–Trinajstić information content (AvgIpc) is 2.63. The maximum atomic E-state index is 12.5. The fourth-order valence-electron chi connectivity index (χ4n) is 2.66. The molecule has 0 saturated carbocycles. The SMILES string of the molecule is Cc1cc(C)cc(NC(=O)c2cccc(C(=O)Nc3ccc(Cl)cc3)n2)c1. The lowest BCUT2D eigenvalue weighted by Crippen LogP contribution is -2.18. The highest BCUT2D eigenvalue weighted by Gasteiger charge is 2.13. The van der Waals surface area contributed by atoms with Crippen LogP contribution in [-0.4, -0.2) is 16.8 Å². The molecule has 0 unspecified atom stereocenters. The first-order valence-corrected chi connectivity index (χ1v) is 8.72. The lowest BCUT2D eigenvalue weighted by atomic mass is 10.1. The van der Waals surface area contributed by atoms with Crippen LogP contribution >= 0.6 is 11.6 Å². The summed E-state index contributed by atoms with van der Waals surface area (Å²) in [5.74, 6) is -0.778. The summed E-state index contributed by atoms with van der Waals surface area (Å²) < 4.78 is 0. The van der Waals surface area contributed by atoms with Crippen LogP contribution in [0.3, 0.4) is 0 Å². The summed E-state index contributed by atoms with van der Waals surface area (Å²) in [7, 11) is 0. The summed E-state index contributed by atoms with van der Waals surface area (Å²) in [6, 6.07) is 17.3. The summed E-state index contributed by atoms with van der Waals surface area (Å²) in [4.78, 5) is 29.0. The number of aryl methyl sites for hydroxylation is 2. The normalized spacial score (nSPS) is 10.3. The van der Waals surface area contributed by atoms with E-state index in [9.17, 15) is 9.59 Å². The second-order valence-electron chi connectivity index (χ2n) is 6.20. The highest BCUT2D eigenvalue weighted by atomic mass is 35.5. The smallest absolute Gasteiger partial charge is 0.274 e. The van der Waals surface area contributed by atoms with Crippen molar-refractivity contribution in [3.63, 3.8) is 0 Å². The van der Waals surface area contributed by atoms with Crippen LogP contribution in [-0.2, 0) is 0 Å². The zero-order valence-corrected chi connectivity index (χ0v) is 15.7. The number of hydrogen-bond donors (Lipinski definition) is 2. The fourth-order valence-corrected chi connectivity index (χ4v) is 2.78. The third kappa shape index (κ3) is 4.92. The van der Waals surface area contributed by atoms with Crippen LogP contribution in [0.1, 0.15) is 32.1 Å². The molecule has 1 aromatic heterocycles. The van der Waals surface area contributed by atoms with Crippen molar-refractivity contribution in [2.24, 2.45) is 0 Å². The number of aromatic nitrogens is 1. The van der Waals surface area contributed by atoms with E-state index in [1.165, 1.54) is 0 Å². The van der Waals surface area contributed by atoms with Gasteiger partial charge in [-0.15, -0.1) is 0 Å². The number of rotatable bonds is 4. The summed E-state index contributed by atoms with van der Waals surface area (Å²) in [6.07, 6.45) is 0. The molecule has 0 saturated heterocycles. The lowest BCUT2D eigenvalue weighted by molar-refractivity contribution is 0.101. The molecule has 1 heterocycles. The molecular weight excluding hydrogens is 362 g/mol. The molecule has 0 atom stereocenters. The van der Waals surface area contributed by atoms with E-state index in [-0.39, 0.29) is 17.3 Å². The average molecular weight is 380 g/mol. The van der Waals surface area contributed by atoms with Crippen LogP contribution in [0.4, 0.5) is 11.4 Å². The van der Waals surface area contributed by atoms with Gasteiger partial charge in [-0.2, -0.15) is 0 Å². The van der Waals surface area contributed by atoms with E-state index < -0.39 is 5.91 Å². The molecular formula is C21H18ClN3O2. The van der Waals surface area contributed by atoms with Crippen molar-refractivity contribution in [3.05, 3.63) is 88.2 Å². The number of halogens is 1. The minimum Gasteiger partial charge on any atom is -0.321 e. The monoisotopic (exact) mass is 379 g/mol. The number of carbonyl (C=O) groups excluding carboxylic acids is 2. The first-order chi connectivity index (χ1) is 12.9. The van der Waals surface area contributed by atoms with Gasteiger partial charge < -0.3 is 10.6 Å². The van der Waals surface area contributed by atoms with Crippen LogP contribution in [0, 0.1) is 13.8 Å². The van der Waals surface area contributed by atoms with Gasteiger partial charge in [-0.05, 0) is 73.5 Å². The van der Waals surface area contributed by atoms with E-state index >= 15 is 0 Å². The third-order valence-electron chi connectivity index (χ3n) is 3.80. The van der Waals surface area contributed by atoms with Crippen molar-refractivity contribution in [3.8, 4) is 0 Å². The lowest BCUT2D eigenvalue weighted by Gasteiger charge is -2.09. The third-order valence-corrected chi connectivity index (χ3v) is 4.05. The number of benzene rings is 2. The molecule has 27 heavy (non-hydrogen) atoms. The Hall–Kier alpha value is -3.18. The molecule has 2 amide bonds. The van der Waals surface area contributed by atoms with Crippen molar-refractivity contribution in [1.29, 1.82) is 0 Å². The highest BCUT2D eigenvalue weighted by molar-refractivity contribution is 6.30. The van der Waals surface area contributed by atoms with E-state index in [4.69, 9.17) is 11.6 Å². The molecule has 3 aromatic rings. The summed E-state index contributed by atoms with van der Waals surface area (Å²) in [5.41, 5.74) is 3.70. The predicted molar refractivity (Wildman–Crippen MR) is 108 cm³/mol. The van der Waals surface area contributed by atoms with Gasteiger partial charge >= 0.3 is 0 Å². The quantitative estimate of drug-likeness (QED) is 0.680. The van der Waals surface area contributed by atoms with E-state index in [0.29, 0.717) is 16.4 Å². The maximum absolute atomic E-state index is 12.5. The minimum absolute atomic E-state index is 0.151. The fraction of sp³-hybridized carbons (Fsp3) is 0.0952. The Morgan fingerprint density at radius 1 is 0.778 bits per heavy atom.